The number of ether oxygens (including phenoxy) is 2. The predicted octanol–water partition coefficient (Wildman–Crippen LogP) is 3.37. The molecule has 0 heterocycles. The predicted molar refractivity (Wildman–Crippen MR) is 97.2 cm³/mol. The summed E-state index contributed by atoms with van der Waals surface area (Å²) in [6, 6.07) is 12.5. The van der Waals surface area contributed by atoms with E-state index in [1.807, 2.05) is 31.2 Å². The fourth-order valence-corrected chi connectivity index (χ4v) is 2.20. The van der Waals surface area contributed by atoms with Crippen LogP contribution in [0.1, 0.15) is 19.4 Å². The molecular formula is C19H22N2O4. The summed E-state index contributed by atoms with van der Waals surface area (Å²) in [5, 5.41) is 5.43. The van der Waals surface area contributed by atoms with Gasteiger partial charge in [-0.15, -0.1) is 0 Å². The van der Waals surface area contributed by atoms with Crippen LogP contribution in [0.15, 0.2) is 42.5 Å². The van der Waals surface area contributed by atoms with Gasteiger partial charge in [0.25, 0.3) is 5.91 Å². The fraction of sp³-hybridized carbons (Fsp3) is 0.263. The van der Waals surface area contributed by atoms with Crippen molar-refractivity contribution in [3.8, 4) is 11.5 Å². The van der Waals surface area contributed by atoms with Gasteiger partial charge in [0, 0.05) is 12.6 Å². The first-order valence-electron chi connectivity index (χ1n) is 7.89. The highest BCUT2D eigenvalue weighted by Gasteiger charge is 2.17. The molecule has 25 heavy (non-hydrogen) atoms. The number of rotatable bonds is 6. The van der Waals surface area contributed by atoms with E-state index in [9.17, 15) is 9.59 Å². The quantitative estimate of drug-likeness (QED) is 0.844. The Balaban J connectivity index is 2.09. The molecule has 2 aromatic rings. The minimum Gasteiger partial charge on any atom is -0.495 e. The number of methoxy groups -OCH3 is 1. The molecule has 132 valence electrons. The second-order valence-electron chi connectivity index (χ2n) is 5.66. The van der Waals surface area contributed by atoms with Crippen LogP contribution in [0.2, 0.25) is 0 Å². The molecule has 2 rings (SSSR count). The SMILES string of the molecule is COc1ccc(NC(C)=O)cc1NC(=O)[C@H](C)Oc1ccc(C)cc1. The molecular weight excluding hydrogens is 320 g/mol. The monoisotopic (exact) mass is 342 g/mol. The van der Waals surface area contributed by atoms with Crippen LogP contribution >= 0.6 is 0 Å². The van der Waals surface area contributed by atoms with E-state index in [2.05, 4.69) is 10.6 Å². The maximum absolute atomic E-state index is 12.4. The van der Waals surface area contributed by atoms with Crippen LogP contribution in [-0.2, 0) is 9.59 Å². The van der Waals surface area contributed by atoms with Crippen LogP contribution in [0.3, 0.4) is 0 Å². The summed E-state index contributed by atoms with van der Waals surface area (Å²) in [6.07, 6.45) is -0.697. The molecule has 0 aliphatic rings. The molecule has 2 amide bonds. The van der Waals surface area contributed by atoms with Gasteiger partial charge in [-0.3, -0.25) is 9.59 Å². The van der Waals surface area contributed by atoms with Crippen molar-refractivity contribution in [2.75, 3.05) is 17.7 Å². The van der Waals surface area contributed by atoms with Crippen LogP contribution in [0.5, 0.6) is 11.5 Å². The van der Waals surface area contributed by atoms with Crippen molar-refractivity contribution in [3.05, 3.63) is 48.0 Å². The summed E-state index contributed by atoms with van der Waals surface area (Å²) in [7, 11) is 1.51. The van der Waals surface area contributed by atoms with Crippen molar-refractivity contribution in [2.45, 2.75) is 26.9 Å². The van der Waals surface area contributed by atoms with Gasteiger partial charge in [-0.05, 0) is 44.2 Å². The number of hydrogen-bond donors (Lipinski definition) is 2. The van der Waals surface area contributed by atoms with Gasteiger partial charge in [-0.25, -0.2) is 0 Å². The molecule has 0 aliphatic carbocycles. The van der Waals surface area contributed by atoms with Gasteiger partial charge in [0.2, 0.25) is 5.91 Å². The van der Waals surface area contributed by atoms with E-state index in [1.54, 1.807) is 25.1 Å². The standard InChI is InChI=1S/C19H22N2O4/c1-12-5-8-16(9-6-12)25-13(2)19(23)21-17-11-15(20-14(3)22)7-10-18(17)24-4/h5-11,13H,1-4H3,(H,20,22)(H,21,23)/t13-/m0/s1. The first-order valence-corrected chi connectivity index (χ1v) is 7.89. The van der Waals surface area contributed by atoms with E-state index in [0.717, 1.165) is 5.56 Å². The van der Waals surface area contributed by atoms with E-state index >= 15 is 0 Å². The van der Waals surface area contributed by atoms with Crippen LogP contribution in [0, 0.1) is 6.92 Å². The molecule has 0 saturated carbocycles. The summed E-state index contributed by atoms with van der Waals surface area (Å²) < 4.78 is 10.9. The normalized spacial score (nSPS) is 11.4. The minimum atomic E-state index is -0.697. The summed E-state index contributed by atoms with van der Waals surface area (Å²) in [5.74, 6) is 0.592. The third kappa shape index (κ3) is 5.24. The molecule has 0 saturated heterocycles. The third-order valence-corrected chi connectivity index (χ3v) is 3.48. The fourth-order valence-electron chi connectivity index (χ4n) is 2.20. The summed E-state index contributed by atoms with van der Waals surface area (Å²) in [4.78, 5) is 23.6. The highest BCUT2D eigenvalue weighted by atomic mass is 16.5. The zero-order valence-electron chi connectivity index (χ0n) is 14.8. The molecule has 6 nitrogen and oxygen atoms in total. The number of carbonyl (C=O) groups excluding carboxylic acids is 2. The third-order valence-electron chi connectivity index (χ3n) is 3.48. The number of benzene rings is 2. The van der Waals surface area contributed by atoms with Crippen molar-refractivity contribution in [3.63, 3.8) is 0 Å². The molecule has 6 heteroatoms. The summed E-state index contributed by atoms with van der Waals surface area (Å²) >= 11 is 0. The number of aryl methyl sites for hydroxylation is 1. The van der Waals surface area contributed by atoms with Gasteiger partial charge in [0.1, 0.15) is 11.5 Å². The molecule has 2 aromatic carbocycles. The molecule has 0 fully saturated rings. The topological polar surface area (TPSA) is 76.7 Å². The summed E-state index contributed by atoms with van der Waals surface area (Å²) in [6.45, 7) is 5.06. The zero-order chi connectivity index (χ0) is 18.4. The van der Waals surface area contributed by atoms with E-state index in [-0.39, 0.29) is 11.8 Å². The Bertz CT molecular complexity index is 757. The Labute approximate surface area is 147 Å². The Morgan fingerprint density at radius 1 is 1.04 bits per heavy atom. The smallest absolute Gasteiger partial charge is 0.265 e. The maximum Gasteiger partial charge on any atom is 0.265 e. The van der Waals surface area contributed by atoms with Crippen LogP contribution in [0.25, 0.3) is 0 Å². The largest absolute Gasteiger partial charge is 0.495 e. The Kier molecular flexibility index (Phi) is 6.00. The highest BCUT2D eigenvalue weighted by Crippen LogP contribution is 2.28. The number of nitrogens with one attached hydrogen (secondary N) is 2. The maximum atomic E-state index is 12.4. The van der Waals surface area contributed by atoms with Crippen molar-refractivity contribution >= 4 is 23.2 Å². The van der Waals surface area contributed by atoms with E-state index < -0.39 is 6.10 Å². The molecule has 0 unspecified atom stereocenters. The minimum absolute atomic E-state index is 0.196. The van der Waals surface area contributed by atoms with Gasteiger partial charge >= 0.3 is 0 Å². The Morgan fingerprint density at radius 3 is 2.32 bits per heavy atom. The lowest BCUT2D eigenvalue weighted by atomic mass is 10.2. The van der Waals surface area contributed by atoms with Crippen LogP contribution in [-0.4, -0.2) is 25.0 Å². The average Bonchev–Trinajstić information content (AvgIpc) is 2.56. The summed E-state index contributed by atoms with van der Waals surface area (Å²) in [5.41, 5.74) is 2.14. The van der Waals surface area contributed by atoms with E-state index in [1.165, 1.54) is 14.0 Å². The lowest BCUT2D eigenvalue weighted by molar-refractivity contribution is -0.122. The zero-order valence-corrected chi connectivity index (χ0v) is 14.8. The van der Waals surface area contributed by atoms with Crippen molar-refractivity contribution in [2.24, 2.45) is 0 Å². The first-order chi connectivity index (χ1) is 11.9. The Morgan fingerprint density at radius 2 is 1.72 bits per heavy atom. The first kappa shape index (κ1) is 18.3. The lowest BCUT2D eigenvalue weighted by Crippen LogP contribution is -2.30. The Hall–Kier alpha value is -3.02. The van der Waals surface area contributed by atoms with Crippen molar-refractivity contribution in [1.29, 1.82) is 0 Å². The van der Waals surface area contributed by atoms with Gasteiger partial charge in [0.05, 0.1) is 12.8 Å². The highest BCUT2D eigenvalue weighted by molar-refractivity contribution is 5.97. The molecule has 0 bridgehead atoms. The van der Waals surface area contributed by atoms with Crippen LogP contribution < -0.4 is 20.1 Å². The van der Waals surface area contributed by atoms with Crippen molar-refractivity contribution in [1.82, 2.24) is 0 Å². The number of carbonyl (C=O) groups is 2. The van der Waals surface area contributed by atoms with Crippen molar-refractivity contribution < 1.29 is 19.1 Å². The molecule has 0 radical (unpaired) electrons. The van der Waals surface area contributed by atoms with Gasteiger partial charge in [-0.2, -0.15) is 0 Å². The second-order valence-corrected chi connectivity index (χ2v) is 5.66. The van der Waals surface area contributed by atoms with E-state index in [0.29, 0.717) is 22.9 Å². The molecule has 0 aliphatic heterocycles. The average molecular weight is 342 g/mol. The van der Waals surface area contributed by atoms with E-state index in [4.69, 9.17) is 9.47 Å². The number of hydrogen-bond acceptors (Lipinski definition) is 4. The molecule has 2 N–H and O–H groups in total. The van der Waals surface area contributed by atoms with Gasteiger partial charge in [-0.1, -0.05) is 17.7 Å². The van der Waals surface area contributed by atoms with Gasteiger partial charge < -0.3 is 20.1 Å². The van der Waals surface area contributed by atoms with Crippen LogP contribution in [0.4, 0.5) is 11.4 Å². The molecule has 0 spiro atoms. The van der Waals surface area contributed by atoms with Gasteiger partial charge in [0.15, 0.2) is 6.10 Å². The molecule has 1 atom stereocenters. The second kappa shape index (κ2) is 8.19. The molecule has 0 aromatic heterocycles. The lowest BCUT2D eigenvalue weighted by Gasteiger charge is -2.17. The number of anilines is 2. The number of amides is 2.